The lowest BCUT2D eigenvalue weighted by Crippen LogP contribution is -2.69. The zero-order chi connectivity index (χ0) is 29.8. The summed E-state index contributed by atoms with van der Waals surface area (Å²) >= 11 is 4.00. The lowest BCUT2D eigenvalue weighted by atomic mass is 10.2. The van der Waals surface area contributed by atoms with Crippen molar-refractivity contribution >= 4 is 97.4 Å². The number of fused-ring (bicyclic) bond motifs is 4. The first-order valence-electron chi connectivity index (χ1n) is 15.2. The molecule has 0 amide bonds. The first-order chi connectivity index (χ1) is 19.8. The lowest BCUT2D eigenvalue weighted by molar-refractivity contribution is 0.981. The molecule has 8 bridgehead atoms. The van der Waals surface area contributed by atoms with Crippen LogP contribution in [0, 0.1) is 0 Å². The molecule has 3 heterocycles. The van der Waals surface area contributed by atoms with E-state index in [9.17, 15) is 0 Å². The Balaban J connectivity index is 1.49. The molecule has 42 heavy (non-hydrogen) atoms. The van der Waals surface area contributed by atoms with E-state index in [-0.39, 0.29) is 0 Å². The molecule has 0 spiro atoms. The zero-order valence-electron chi connectivity index (χ0n) is 26.4. The van der Waals surface area contributed by atoms with Crippen LogP contribution in [0.1, 0.15) is 6.92 Å². The minimum Gasteiger partial charge on any atom is -0.354 e. The first-order valence-corrected chi connectivity index (χ1v) is 30.9. The number of rotatable bonds is 1. The van der Waals surface area contributed by atoms with Crippen LogP contribution >= 0.6 is 23.5 Å². The molecule has 216 valence electrons. The van der Waals surface area contributed by atoms with Gasteiger partial charge in [0, 0.05) is 26.1 Å². The highest BCUT2D eigenvalue weighted by Crippen LogP contribution is 2.48. The van der Waals surface area contributed by atoms with E-state index in [1.165, 1.54) is 42.3 Å². The number of benzene rings is 4. The molecular formula is C34H42N2S2Si4. The lowest BCUT2D eigenvalue weighted by Gasteiger charge is -2.42. The highest BCUT2D eigenvalue weighted by Gasteiger charge is 2.46. The highest BCUT2D eigenvalue weighted by atomic mass is 32.2. The molecule has 7 rings (SSSR count). The van der Waals surface area contributed by atoms with Crippen LogP contribution in [-0.2, 0) is 0 Å². The van der Waals surface area contributed by atoms with Crippen LogP contribution in [0.15, 0.2) is 92.4 Å². The molecule has 0 radical (unpaired) electrons. The van der Waals surface area contributed by atoms with Gasteiger partial charge in [0.1, 0.15) is 0 Å². The van der Waals surface area contributed by atoms with E-state index in [0.717, 1.165) is 6.54 Å². The quantitative estimate of drug-likeness (QED) is 0.184. The van der Waals surface area contributed by atoms with Crippen molar-refractivity contribution in [1.29, 1.82) is 0 Å². The van der Waals surface area contributed by atoms with Crippen molar-refractivity contribution in [2.75, 3.05) is 16.8 Å². The average Bonchev–Trinajstić information content (AvgIpc) is 2.96. The Morgan fingerprint density at radius 3 is 1.21 bits per heavy atom. The molecule has 4 aromatic carbocycles. The van der Waals surface area contributed by atoms with Gasteiger partial charge in [-0.25, -0.2) is 0 Å². The Labute approximate surface area is 264 Å². The molecule has 1 N–H and O–H groups in total. The van der Waals surface area contributed by atoms with E-state index in [0.29, 0.717) is 0 Å². The van der Waals surface area contributed by atoms with Gasteiger partial charge in [0.05, 0.1) is 53.1 Å². The second kappa shape index (κ2) is 9.52. The van der Waals surface area contributed by atoms with Crippen molar-refractivity contribution < 1.29 is 0 Å². The zero-order valence-corrected chi connectivity index (χ0v) is 32.0. The number of nitrogens with one attached hydrogen (secondary N) is 1. The van der Waals surface area contributed by atoms with Crippen LogP contribution in [-0.4, -0.2) is 36.9 Å². The second-order valence-electron chi connectivity index (χ2n) is 14.4. The highest BCUT2D eigenvalue weighted by molar-refractivity contribution is 8.00. The van der Waals surface area contributed by atoms with Crippen molar-refractivity contribution in [2.45, 2.75) is 78.9 Å². The van der Waals surface area contributed by atoms with E-state index < -0.39 is 30.4 Å². The minimum absolute atomic E-state index is 0.983. The van der Waals surface area contributed by atoms with E-state index in [1.807, 2.05) is 23.5 Å². The van der Waals surface area contributed by atoms with Crippen LogP contribution in [0.2, 0.25) is 52.4 Å². The van der Waals surface area contributed by atoms with Crippen LogP contribution in [0.25, 0.3) is 0 Å². The van der Waals surface area contributed by atoms with Gasteiger partial charge in [0.15, 0.2) is 0 Å². The summed E-state index contributed by atoms with van der Waals surface area (Å²) in [4.78, 5) is 8.20. The summed E-state index contributed by atoms with van der Waals surface area (Å²) in [5.74, 6) is 0. The predicted octanol–water partition coefficient (Wildman–Crippen LogP) is 8.05. The molecular weight excluding hydrogens is 613 g/mol. The third kappa shape index (κ3) is 4.01. The summed E-state index contributed by atoms with van der Waals surface area (Å²) in [6.45, 7) is 24.3. The van der Waals surface area contributed by atoms with Crippen LogP contribution in [0.5, 0.6) is 0 Å². The molecule has 0 saturated carbocycles. The molecule has 0 aliphatic carbocycles. The van der Waals surface area contributed by atoms with Gasteiger partial charge in [-0.15, -0.1) is 0 Å². The average molecular weight is 655 g/mol. The fourth-order valence-electron chi connectivity index (χ4n) is 6.91. The minimum atomic E-state index is -1.81. The summed E-state index contributed by atoms with van der Waals surface area (Å²) < 4.78 is 0. The molecule has 4 aromatic rings. The molecule has 0 aromatic heterocycles. The number of nitrogens with zero attached hydrogens (tertiary/aromatic N) is 1. The third-order valence-electron chi connectivity index (χ3n) is 11.5. The van der Waals surface area contributed by atoms with E-state index in [2.05, 4.69) is 142 Å². The Bertz CT molecular complexity index is 1650. The number of anilines is 4. The molecule has 0 saturated heterocycles. The molecule has 2 nitrogen and oxygen atoms in total. The molecule has 0 fully saturated rings. The molecule has 0 atom stereocenters. The van der Waals surface area contributed by atoms with Crippen molar-refractivity contribution in [3.8, 4) is 0 Å². The van der Waals surface area contributed by atoms with Crippen LogP contribution < -0.4 is 31.0 Å². The molecule has 3 aliphatic heterocycles. The maximum Gasteiger partial charge on any atom is 0.0792 e. The van der Waals surface area contributed by atoms with E-state index in [1.54, 1.807) is 20.7 Å². The van der Waals surface area contributed by atoms with Crippen LogP contribution in [0.3, 0.4) is 0 Å². The second-order valence-corrected chi connectivity index (χ2v) is 46.8. The van der Waals surface area contributed by atoms with Gasteiger partial charge in [0.2, 0.25) is 0 Å². The Morgan fingerprint density at radius 1 is 0.500 bits per heavy atom. The SMILES string of the molecule is CCN1c2ccc3cc2Sc2cc(ccc21)[Si](C)(C)[Si](C)(C)c1ccc2c(c1)Sc1cc(ccc1N2)[Si](C)(C)[Si]3(C)C. The fourth-order valence-corrected chi connectivity index (χ4v) is 27.0. The van der Waals surface area contributed by atoms with Gasteiger partial charge in [-0.05, 0) is 55.5 Å². The number of hydrogen-bond acceptors (Lipinski definition) is 4. The maximum absolute atomic E-state index is 3.80. The standard InChI is InChI=1S/C34H42N2S2Si4/c1-10-36-29-17-13-25-21-33(29)38-34-22-26(14-18-30(34)36)42(8,9)40(4,5)24-12-16-28-32(20-24)37-31-19-23(11-15-27(31)35-28)39(2,3)41(25,6)7/h11-22,35H,10H2,1-9H3. The molecule has 0 unspecified atom stereocenters. The summed E-state index contributed by atoms with van der Waals surface area (Å²) in [6.07, 6.45) is 0. The Hall–Kier alpha value is -1.95. The summed E-state index contributed by atoms with van der Waals surface area (Å²) in [7, 11) is -7.23. The first kappa shape index (κ1) is 28.8. The topological polar surface area (TPSA) is 15.3 Å². The van der Waals surface area contributed by atoms with Gasteiger partial charge in [-0.1, -0.05) is 121 Å². The Morgan fingerprint density at radius 2 is 0.833 bits per heavy atom. The van der Waals surface area contributed by atoms with Gasteiger partial charge in [0.25, 0.3) is 0 Å². The molecule has 3 aliphatic rings. The van der Waals surface area contributed by atoms with E-state index >= 15 is 0 Å². The largest absolute Gasteiger partial charge is 0.354 e. The summed E-state index contributed by atoms with van der Waals surface area (Å²) in [5, 5.41) is 10.2. The summed E-state index contributed by atoms with van der Waals surface area (Å²) in [6, 6.07) is 29.7. The normalized spacial score (nSPS) is 19.9. The monoisotopic (exact) mass is 654 g/mol. The van der Waals surface area contributed by atoms with Crippen LogP contribution in [0.4, 0.5) is 22.7 Å². The van der Waals surface area contributed by atoms with Crippen molar-refractivity contribution in [1.82, 2.24) is 0 Å². The smallest absolute Gasteiger partial charge is 0.0792 e. The Kier molecular flexibility index (Phi) is 6.53. The van der Waals surface area contributed by atoms with Gasteiger partial charge in [-0.2, -0.15) is 0 Å². The van der Waals surface area contributed by atoms with Crippen molar-refractivity contribution in [3.63, 3.8) is 0 Å². The fraction of sp³-hybridized carbons (Fsp3) is 0.294. The van der Waals surface area contributed by atoms with Crippen molar-refractivity contribution in [2.24, 2.45) is 0 Å². The van der Waals surface area contributed by atoms with Crippen molar-refractivity contribution in [3.05, 3.63) is 72.8 Å². The molecule has 8 heteroatoms. The summed E-state index contributed by atoms with van der Waals surface area (Å²) in [5.41, 5.74) is 5.26. The maximum atomic E-state index is 3.80. The predicted molar refractivity (Wildman–Crippen MR) is 198 cm³/mol. The van der Waals surface area contributed by atoms with Gasteiger partial charge < -0.3 is 10.2 Å². The van der Waals surface area contributed by atoms with Gasteiger partial charge in [-0.3, -0.25) is 0 Å². The van der Waals surface area contributed by atoms with Gasteiger partial charge >= 0.3 is 0 Å². The third-order valence-corrected chi connectivity index (χ3v) is 49.2. The van der Waals surface area contributed by atoms with E-state index in [4.69, 9.17) is 0 Å². The number of hydrogen-bond donors (Lipinski definition) is 1.